The van der Waals surface area contributed by atoms with Crippen LogP contribution in [0.1, 0.15) is 19.4 Å². The van der Waals surface area contributed by atoms with Gasteiger partial charge in [-0.3, -0.25) is 9.69 Å². The molecular weight excluding hydrogens is 352 g/mol. The van der Waals surface area contributed by atoms with Gasteiger partial charge in [0.25, 0.3) is 5.91 Å². The lowest BCUT2D eigenvalue weighted by atomic mass is 10.0. The van der Waals surface area contributed by atoms with Gasteiger partial charge in [-0.05, 0) is 49.8 Å². The van der Waals surface area contributed by atoms with Crippen LogP contribution in [0.25, 0.3) is 6.08 Å². The highest BCUT2D eigenvalue weighted by atomic mass is 16.5. The first-order chi connectivity index (χ1) is 13.4. The minimum absolute atomic E-state index is 0.233. The summed E-state index contributed by atoms with van der Waals surface area (Å²) in [6.07, 6.45) is 1.75. The molecule has 0 radical (unpaired) electrons. The molecule has 0 spiro atoms. The Balaban J connectivity index is 2.07. The Bertz CT molecular complexity index is 942. The maximum atomic E-state index is 13.2. The van der Waals surface area contributed by atoms with Crippen molar-refractivity contribution >= 4 is 29.3 Å². The molecule has 0 atom stereocenters. The number of carbonyl (C=O) groups excluding carboxylic acids is 2. The highest BCUT2D eigenvalue weighted by molar-refractivity contribution is 6.23. The normalized spacial score (nSPS) is 15.4. The summed E-state index contributed by atoms with van der Waals surface area (Å²) in [7, 11) is 3.94. The zero-order valence-corrected chi connectivity index (χ0v) is 16.6. The molecule has 1 aliphatic rings. The van der Waals surface area contributed by atoms with Gasteiger partial charge >= 0.3 is 5.97 Å². The molecular formula is C23H24N2O3. The van der Waals surface area contributed by atoms with E-state index in [0.717, 1.165) is 16.9 Å². The quantitative estimate of drug-likeness (QED) is 0.584. The van der Waals surface area contributed by atoms with Crippen molar-refractivity contribution in [3.63, 3.8) is 0 Å². The van der Waals surface area contributed by atoms with Crippen LogP contribution in [0.4, 0.5) is 11.4 Å². The molecule has 0 bridgehead atoms. The van der Waals surface area contributed by atoms with E-state index in [1.165, 1.54) is 0 Å². The van der Waals surface area contributed by atoms with E-state index in [2.05, 4.69) is 0 Å². The van der Waals surface area contributed by atoms with Gasteiger partial charge in [0, 0.05) is 31.2 Å². The number of anilines is 2. The minimum Gasteiger partial charge on any atom is -0.462 e. The number of para-hydroxylation sites is 1. The number of rotatable bonds is 5. The summed E-state index contributed by atoms with van der Waals surface area (Å²) in [6.45, 7) is 3.77. The molecule has 0 saturated carbocycles. The number of benzene rings is 2. The van der Waals surface area contributed by atoms with Crippen LogP contribution in [-0.4, -0.2) is 32.6 Å². The monoisotopic (exact) mass is 376 g/mol. The molecule has 0 aliphatic carbocycles. The third-order valence-electron chi connectivity index (χ3n) is 4.61. The molecule has 5 nitrogen and oxygen atoms in total. The van der Waals surface area contributed by atoms with Gasteiger partial charge in [0.1, 0.15) is 0 Å². The first kappa shape index (κ1) is 19.4. The predicted octanol–water partition coefficient (Wildman–Crippen LogP) is 4.02. The van der Waals surface area contributed by atoms with Crippen LogP contribution in [0.3, 0.4) is 0 Å². The molecule has 0 N–H and O–H groups in total. The topological polar surface area (TPSA) is 49.9 Å². The van der Waals surface area contributed by atoms with Crippen molar-refractivity contribution in [2.24, 2.45) is 0 Å². The number of hydrogen-bond acceptors (Lipinski definition) is 4. The van der Waals surface area contributed by atoms with Gasteiger partial charge in [-0.2, -0.15) is 0 Å². The predicted molar refractivity (Wildman–Crippen MR) is 112 cm³/mol. The summed E-state index contributed by atoms with van der Waals surface area (Å²) >= 11 is 0. The smallest absolute Gasteiger partial charge is 0.340 e. The molecule has 0 fully saturated rings. The van der Waals surface area contributed by atoms with Gasteiger partial charge < -0.3 is 9.64 Å². The molecule has 1 amide bonds. The molecule has 0 aromatic heterocycles. The Morgan fingerprint density at radius 1 is 1.07 bits per heavy atom. The highest BCUT2D eigenvalue weighted by Gasteiger charge is 2.37. The molecule has 3 rings (SSSR count). The van der Waals surface area contributed by atoms with E-state index in [0.29, 0.717) is 16.8 Å². The standard InChI is InChI=1S/C23H24N2O3/c1-5-28-23(27)21-16(2)25(19-9-7-6-8-10-19)22(26)20(21)15-17-11-13-18(14-12-17)24(3)4/h6-15H,5H2,1-4H3/b20-15-. The van der Waals surface area contributed by atoms with Crippen molar-refractivity contribution < 1.29 is 14.3 Å². The Labute approximate surface area is 165 Å². The molecule has 28 heavy (non-hydrogen) atoms. The SMILES string of the molecule is CCOC(=O)C1=C(C)N(c2ccccc2)C(=O)/C1=C\c1ccc(N(C)C)cc1. The molecule has 0 saturated heterocycles. The molecule has 0 unspecified atom stereocenters. The van der Waals surface area contributed by atoms with Gasteiger partial charge in [-0.15, -0.1) is 0 Å². The van der Waals surface area contributed by atoms with Crippen molar-refractivity contribution in [3.05, 3.63) is 77.0 Å². The van der Waals surface area contributed by atoms with Crippen molar-refractivity contribution in [2.75, 3.05) is 30.5 Å². The van der Waals surface area contributed by atoms with E-state index >= 15 is 0 Å². The van der Waals surface area contributed by atoms with Gasteiger partial charge in [-0.1, -0.05) is 30.3 Å². The van der Waals surface area contributed by atoms with Crippen LogP contribution in [-0.2, 0) is 14.3 Å². The Kier molecular flexibility index (Phi) is 5.64. The number of carbonyl (C=O) groups is 2. The Morgan fingerprint density at radius 3 is 2.29 bits per heavy atom. The Morgan fingerprint density at radius 2 is 1.71 bits per heavy atom. The maximum Gasteiger partial charge on any atom is 0.340 e. The van der Waals surface area contributed by atoms with E-state index in [1.54, 1.807) is 24.8 Å². The molecule has 144 valence electrons. The van der Waals surface area contributed by atoms with E-state index in [4.69, 9.17) is 4.74 Å². The fourth-order valence-corrected chi connectivity index (χ4v) is 3.20. The number of ether oxygens (including phenoxy) is 1. The number of allylic oxidation sites excluding steroid dienone is 1. The second kappa shape index (κ2) is 8.13. The van der Waals surface area contributed by atoms with Crippen LogP contribution in [0, 0.1) is 0 Å². The summed E-state index contributed by atoms with van der Waals surface area (Å²) < 4.78 is 5.22. The van der Waals surface area contributed by atoms with Crippen LogP contribution in [0.2, 0.25) is 0 Å². The van der Waals surface area contributed by atoms with Crippen LogP contribution in [0.5, 0.6) is 0 Å². The fourth-order valence-electron chi connectivity index (χ4n) is 3.20. The fraction of sp³-hybridized carbons (Fsp3) is 0.217. The third-order valence-corrected chi connectivity index (χ3v) is 4.61. The van der Waals surface area contributed by atoms with Gasteiger partial charge in [-0.25, -0.2) is 4.79 Å². The van der Waals surface area contributed by atoms with E-state index in [9.17, 15) is 9.59 Å². The second-order valence-corrected chi connectivity index (χ2v) is 6.70. The minimum atomic E-state index is -0.483. The lowest BCUT2D eigenvalue weighted by Gasteiger charge is -2.17. The molecule has 5 heteroatoms. The van der Waals surface area contributed by atoms with Gasteiger partial charge in [0.15, 0.2) is 0 Å². The summed E-state index contributed by atoms with van der Waals surface area (Å²) in [5.74, 6) is -0.716. The third kappa shape index (κ3) is 3.69. The average molecular weight is 376 g/mol. The number of esters is 1. The Hall–Kier alpha value is -3.34. The van der Waals surface area contributed by atoms with E-state index in [-0.39, 0.29) is 12.5 Å². The van der Waals surface area contributed by atoms with Crippen molar-refractivity contribution in [1.29, 1.82) is 0 Å². The molecule has 1 aliphatic heterocycles. The summed E-state index contributed by atoms with van der Waals surface area (Å²) in [5, 5.41) is 0. The van der Waals surface area contributed by atoms with Crippen molar-refractivity contribution in [1.82, 2.24) is 0 Å². The average Bonchev–Trinajstić information content (AvgIpc) is 2.93. The summed E-state index contributed by atoms with van der Waals surface area (Å²) in [6, 6.07) is 17.1. The lowest BCUT2D eigenvalue weighted by molar-refractivity contribution is -0.138. The molecule has 1 heterocycles. The van der Waals surface area contributed by atoms with Crippen molar-refractivity contribution in [3.8, 4) is 0 Å². The number of nitrogens with zero attached hydrogens (tertiary/aromatic N) is 2. The highest BCUT2D eigenvalue weighted by Crippen LogP contribution is 2.35. The molecule has 2 aromatic rings. The molecule has 2 aromatic carbocycles. The van der Waals surface area contributed by atoms with Gasteiger partial charge in [0.2, 0.25) is 0 Å². The first-order valence-electron chi connectivity index (χ1n) is 9.21. The van der Waals surface area contributed by atoms with Gasteiger partial charge in [0.05, 0.1) is 17.8 Å². The number of amides is 1. The van der Waals surface area contributed by atoms with E-state index < -0.39 is 5.97 Å². The summed E-state index contributed by atoms with van der Waals surface area (Å²) in [5.41, 5.74) is 3.86. The first-order valence-corrected chi connectivity index (χ1v) is 9.21. The van der Waals surface area contributed by atoms with Crippen molar-refractivity contribution in [2.45, 2.75) is 13.8 Å². The van der Waals surface area contributed by atoms with Crippen LogP contribution < -0.4 is 9.80 Å². The van der Waals surface area contributed by atoms with Crippen LogP contribution >= 0.6 is 0 Å². The summed E-state index contributed by atoms with van der Waals surface area (Å²) in [4.78, 5) is 29.4. The van der Waals surface area contributed by atoms with E-state index in [1.807, 2.05) is 73.6 Å². The largest absolute Gasteiger partial charge is 0.462 e. The second-order valence-electron chi connectivity index (χ2n) is 6.70. The number of hydrogen-bond donors (Lipinski definition) is 0. The maximum absolute atomic E-state index is 13.2. The lowest BCUT2D eigenvalue weighted by Crippen LogP contribution is -2.24. The zero-order chi connectivity index (χ0) is 20.3. The van der Waals surface area contributed by atoms with Crippen LogP contribution in [0.15, 0.2) is 71.4 Å². The zero-order valence-electron chi connectivity index (χ0n) is 16.6.